The highest BCUT2D eigenvalue weighted by Crippen LogP contribution is 2.22. The van der Waals surface area contributed by atoms with E-state index in [1.165, 1.54) is 12.1 Å². The Labute approximate surface area is 114 Å². The summed E-state index contributed by atoms with van der Waals surface area (Å²) >= 11 is 1.62. The largest absolute Gasteiger partial charge is 0.333 e. The van der Waals surface area contributed by atoms with Gasteiger partial charge in [0.05, 0.1) is 11.1 Å². The van der Waals surface area contributed by atoms with Gasteiger partial charge in [0.25, 0.3) is 11.8 Å². The summed E-state index contributed by atoms with van der Waals surface area (Å²) in [6.07, 6.45) is 2.78. The molecule has 2 rings (SSSR count). The zero-order valence-corrected chi connectivity index (χ0v) is 11.2. The summed E-state index contributed by atoms with van der Waals surface area (Å²) in [6.45, 7) is 0. The summed E-state index contributed by atoms with van der Waals surface area (Å²) in [4.78, 5) is 40.2. The normalized spacial score (nSPS) is 13.6. The van der Waals surface area contributed by atoms with Crippen LogP contribution in [0.5, 0.6) is 0 Å². The summed E-state index contributed by atoms with van der Waals surface area (Å²) in [5.74, 6) is -0.904. The fourth-order valence-electron chi connectivity index (χ4n) is 1.76. The molecule has 19 heavy (non-hydrogen) atoms. The summed E-state index contributed by atoms with van der Waals surface area (Å²) in [7, 11) is 0. The molecule has 0 saturated carbocycles. The molecule has 1 aromatic carbocycles. The average Bonchev–Trinajstić information content (AvgIpc) is 2.65. The lowest BCUT2D eigenvalue weighted by Gasteiger charge is -2.12. The second-order valence-corrected chi connectivity index (χ2v) is 5.00. The molecule has 0 bridgehead atoms. The van der Waals surface area contributed by atoms with Gasteiger partial charge in [-0.1, -0.05) is 17.2 Å². The van der Waals surface area contributed by atoms with Gasteiger partial charge in [0.2, 0.25) is 0 Å². The molecule has 0 fully saturated rings. The SMILES string of the molecule is CSCCCC(=O)ON1C(=O)c2ccccc2C1=O. The molecule has 0 atom stereocenters. The van der Waals surface area contributed by atoms with Crippen LogP contribution in [0.2, 0.25) is 0 Å². The van der Waals surface area contributed by atoms with Crippen LogP contribution in [-0.2, 0) is 9.63 Å². The van der Waals surface area contributed by atoms with Crippen LogP contribution in [0.1, 0.15) is 33.6 Å². The minimum Gasteiger partial charge on any atom is -0.330 e. The van der Waals surface area contributed by atoms with Crippen LogP contribution < -0.4 is 0 Å². The van der Waals surface area contributed by atoms with Crippen LogP contribution >= 0.6 is 11.8 Å². The zero-order chi connectivity index (χ0) is 13.8. The number of hydrogen-bond donors (Lipinski definition) is 0. The lowest BCUT2D eigenvalue weighted by molar-refractivity contribution is -0.168. The van der Waals surface area contributed by atoms with Crippen molar-refractivity contribution in [3.8, 4) is 0 Å². The molecule has 0 aliphatic carbocycles. The Balaban J connectivity index is 2.02. The number of nitrogens with zero attached hydrogens (tertiary/aromatic N) is 1. The van der Waals surface area contributed by atoms with E-state index in [4.69, 9.17) is 4.84 Å². The van der Waals surface area contributed by atoms with E-state index in [0.29, 0.717) is 11.5 Å². The predicted molar refractivity (Wildman–Crippen MR) is 70.7 cm³/mol. The van der Waals surface area contributed by atoms with Crippen molar-refractivity contribution in [3.63, 3.8) is 0 Å². The van der Waals surface area contributed by atoms with Gasteiger partial charge in [-0.2, -0.15) is 11.8 Å². The fraction of sp³-hybridized carbons (Fsp3) is 0.308. The van der Waals surface area contributed by atoms with E-state index in [9.17, 15) is 14.4 Å². The number of benzene rings is 1. The number of thioether (sulfide) groups is 1. The minimum absolute atomic E-state index is 0.189. The van der Waals surface area contributed by atoms with Gasteiger partial charge in [-0.25, -0.2) is 4.79 Å². The molecule has 0 unspecified atom stereocenters. The van der Waals surface area contributed by atoms with Crippen LogP contribution in [0.3, 0.4) is 0 Å². The highest BCUT2D eigenvalue weighted by atomic mass is 32.2. The lowest BCUT2D eigenvalue weighted by atomic mass is 10.1. The second kappa shape index (κ2) is 5.88. The van der Waals surface area contributed by atoms with Gasteiger partial charge in [0.15, 0.2) is 0 Å². The Morgan fingerprint density at radius 2 is 1.79 bits per heavy atom. The van der Waals surface area contributed by atoms with Gasteiger partial charge in [-0.05, 0) is 30.6 Å². The van der Waals surface area contributed by atoms with Gasteiger partial charge in [0, 0.05) is 6.42 Å². The third kappa shape index (κ3) is 2.78. The van der Waals surface area contributed by atoms with Crippen molar-refractivity contribution < 1.29 is 19.2 Å². The van der Waals surface area contributed by atoms with E-state index in [0.717, 1.165) is 5.75 Å². The molecule has 2 amide bonds. The van der Waals surface area contributed by atoms with Crippen molar-refractivity contribution in [2.75, 3.05) is 12.0 Å². The molecule has 1 heterocycles. The molecule has 1 aliphatic heterocycles. The van der Waals surface area contributed by atoms with Crippen LogP contribution in [0.25, 0.3) is 0 Å². The van der Waals surface area contributed by atoms with Gasteiger partial charge in [-0.3, -0.25) is 9.59 Å². The van der Waals surface area contributed by atoms with Crippen LogP contribution in [0.4, 0.5) is 0 Å². The predicted octanol–water partition coefficient (Wildman–Crippen LogP) is 1.88. The molecule has 5 nitrogen and oxygen atoms in total. The van der Waals surface area contributed by atoms with Gasteiger partial charge < -0.3 is 4.84 Å². The molecule has 0 aromatic heterocycles. The topological polar surface area (TPSA) is 63.7 Å². The number of carbonyl (C=O) groups is 3. The Morgan fingerprint density at radius 3 is 2.32 bits per heavy atom. The standard InChI is InChI=1S/C13H13NO4S/c1-19-8-4-7-11(15)18-14-12(16)9-5-2-3-6-10(9)13(14)17/h2-3,5-6H,4,7-8H2,1H3. The first-order valence-corrected chi connectivity index (χ1v) is 7.22. The first kappa shape index (κ1) is 13.6. The van der Waals surface area contributed by atoms with E-state index in [2.05, 4.69) is 0 Å². The molecule has 6 heteroatoms. The highest BCUT2D eigenvalue weighted by molar-refractivity contribution is 7.98. The third-order valence-electron chi connectivity index (χ3n) is 2.68. The van der Waals surface area contributed by atoms with Gasteiger partial charge in [0.1, 0.15) is 0 Å². The number of amides is 2. The van der Waals surface area contributed by atoms with Gasteiger partial charge in [-0.15, -0.1) is 0 Å². The van der Waals surface area contributed by atoms with Crippen molar-refractivity contribution in [2.24, 2.45) is 0 Å². The molecular weight excluding hydrogens is 266 g/mol. The van der Waals surface area contributed by atoms with E-state index in [1.54, 1.807) is 23.9 Å². The second-order valence-electron chi connectivity index (χ2n) is 4.01. The van der Waals surface area contributed by atoms with Crippen molar-refractivity contribution in [1.82, 2.24) is 5.06 Å². The molecular formula is C13H13NO4S. The Hall–Kier alpha value is -1.82. The Kier molecular flexibility index (Phi) is 4.21. The quantitative estimate of drug-likeness (QED) is 0.608. The maximum Gasteiger partial charge on any atom is 0.333 e. The van der Waals surface area contributed by atoms with E-state index >= 15 is 0 Å². The maximum absolute atomic E-state index is 11.9. The summed E-state index contributed by atoms with van der Waals surface area (Å²) in [5.41, 5.74) is 0.536. The summed E-state index contributed by atoms with van der Waals surface area (Å²) < 4.78 is 0. The minimum atomic E-state index is -0.584. The molecule has 0 N–H and O–H groups in total. The fourth-order valence-corrected chi connectivity index (χ4v) is 2.19. The van der Waals surface area contributed by atoms with Crippen molar-refractivity contribution in [1.29, 1.82) is 0 Å². The molecule has 100 valence electrons. The Morgan fingerprint density at radius 1 is 1.21 bits per heavy atom. The Bertz CT molecular complexity index is 494. The number of carbonyl (C=O) groups excluding carboxylic acids is 3. The summed E-state index contributed by atoms with van der Waals surface area (Å²) in [6, 6.07) is 6.40. The zero-order valence-electron chi connectivity index (χ0n) is 10.4. The summed E-state index contributed by atoms with van der Waals surface area (Å²) in [5, 5.41) is 0.548. The van der Waals surface area contributed by atoms with Gasteiger partial charge >= 0.3 is 5.97 Å². The molecule has 0 radical (unpaired) electrons. The smallest absolute Gasteiger partial charge is 0.330 e. The van der Waals surface area contributed by atoms with E-state index in [-0.39, 0.29) is 17.5 Å². The van der Waals surface area contributed by atoms with Crippen LogP contribution in [-0.4, -0.2) is 34.9 Å². The maximum atomic E-state index is 11.9. The third-order valence-corrected chi connectivity index (χ3v) is 3.38. The monoisotopic (exact) mass is 279 g/mol. The number of hydroxylamine groups is 2. The highest BCUT2D eigenvalue weighted by Gasteiger charge is 2.38. The number of fused-ring (bicyclic) bond motifs is 1. The van der Waals surface area contributed by atoms with E-state index in [1.807, 2.05) is 6.26 Å². The number of hydrogen-bond acceptors (Lipinski definition) is 5. The first-order valence-electron chi connectivity index (χ1n) is 5.82. The van der Waals surface area contributed by atoms with E-state index < -0.39 is 17.8 Å². The average molecular weight is 279 g/mol. The van der Waals surface area contributed by atoms with Crippen LogP contribution in [0, 0.1) is 0 Å². The number of rotatable bonds is 5. The van der Waals surface area contributed by atoms with Crippen molar-refractivity contribution in [3.05, 3.63) is 35.4 Å². The molecule has 0 spiro atoms. The molecule has 1 aliphatic rings. The van der Waals surface area contributed by atoms with Crippen molar-refractivity contribution >= 4 is 29.5 Å². The molecule has 0 saturated heterocycles. The van der Waals surface area contributed by atoms with Crippen molar-refractivity contribution in [2.45, 2.75) is 12.8 Å². The van der Waals surface area contributed by atoms with Crippen LogP contribution in [0.15, 0.2) is 24.3 Å². The lowest BCUT2D eigenvalue weighted by Crippen LogP contribution is -2.32. The number of imide groups is 1. The first-order chi connectivity index (χ1) is 9.15. The molecule has 1 aromatic rings.